The third-order valence-corrected chi connectivity index (χ3v) is 4.67. The van der Waals surface area contributed by atoms with Crippen LogP contribution >= 0.6 is 0 Å². The van der Waals surface area contributed by atoms with Crippen molar-refractivity contribution in [1.82, 2.24) is 9.88 Å². The second-order valence-corrected chi connectivity index (χ2v) is 6.14. The Kier molecular flexibility index (Phi) is 4.10. The molecule has 2 N–H and O–H groups in total. The fourth-order valence-electron chi connectivity index (χ4n) is 3.46. The number of hydrogen-bond donors (Lipinski definition) is 2. The number of hydrogen-bond acceptors (Lipinski definition) is 4. The van der Waals surface area contributed by atoms with Gasteiger partial charge in [0.15, 0.2) is 0 Å². The van der Waals surface area contributed by atoms with Gasteiger partial charge in [-0.1, -0.05) is 6.92 Å². The lowest BCUT2D eigenvalue weighted by Gasteiger charge is -2.18. The molecule has 1 aliphatic heterocycles. The summed E-state index contributed by atoms with van der Waals surface area (Å²) < 4.78 is 0. The first-order chi connectivity index (χ1) is 10.2. The van der Waals surface area contributed by atoms with Gasteiger partial charge in [0.1, 0.15) is 5.82 Å². The maximum absolute atomic E-state index is 12.5. The Bertz CT molecular complexity index is 503. The molecule has 0 spiro atoms. The van der Waals surface area contributed by atoms with Crippen molar-refractivity contribution in [1.29, 1.82) is 0 Å². The highest BCUT2D eigenvalue weighted by molar-refractivity contribution is 5.94. The van der Waals surface area contributed by atoms with Gasteiger partial charge >= 0.3 is 0 Å². The average molecular weight is 289 g/mol. The van der Waals surface area contributed by atoms with Crippen molar-refractivity contribution in [3.05, 3.63) is 23.9 Å². The van der Waals surface area contributed by atoms with Crippen LogP contribution in [0.25, 0.3) is 0 Å². The number of nitrogens with one attached hydrogen (secondary N) is 1. The van der Waals surface area contributed by atoms with Crippen LogP contribution < -0.4 is 5.32 Å². The van der Waals surface area contributed by atoms with Gasteiger partial charge < -0.3 is 15.3 Å². The lowest BCUT2D eigenvalue weighted by molar-refractivity contribution is 0.0752. The Balaban J connectivity index is 1.63. The minimum absolute atomic E-state index is 0.0335. The van der Waals surface area contributed by atoms with Crippen LogP contribution in [0.2, 0.25) is 0 Å². The van der Waals surface area contributed by atoms with E-state index in [1.54, 1.807) is 6.20 Å². The molecule has 0 radical (unpaired) electrons. The number of rotatable bonds is 4. The van der Waals surface area contributed by atoms with Gasteiger partial charge in [0, 0.05) is 31.7 Å². The topological polar surface area (TPSA) is 65.5 Å². The first kappa shape index (κ1) is 14.3. The largest absolute Gasteiger partial charge is 0.393 e. The van der Waals surface area contributed by atoms with Crippen molar-refractivity contribution in [2.45, 2.75) is 32.3 Å². The van der Waals surface area contributed by atoms with Crippen LogP contribution in [-0.2, 0) is 0 Å². The number of pyridine rings is 1. The monoisotopic (exact) mass is 289 g/mol. The molecule has 3 atom stereocenters. The van der Waals surface area contributed by atoms with Crippen LogP contribution in [0.4, 0.5) is 5.82 Å². The molecule has 1 aromatic rings. The van der Waals surface area contributed by atoms with Gasteiger partial charge in [-0.05, 0) is 37.3 Å². The van der Waals surface area contributed by atoms with Crippen LogP contribution in [0.15, 0.2) is 18.3 Å². The van der Waals surface area contributed by atoms with E-state index in [1.165, 1.54) is 0 Å². The fraction of sp³-hybridized carbons (Fsp3) is 0.625. The highest BCUT2D eigenvalue weighted by atomic mass is 16.3. The zero-order valence-electron chi connectivity index (χ0n) is 12.5. The van der Waals surface area contributed by atoms with E-state index in [-0.39, 0.29) is 17.9 Å². The number of fused-ring (bicyclic) bond motifs is 1. The van der Waals surface area contributed by atoms with Crippen LogP contribution in [0.1, 0.15) is 36.5 Å². The third kappa shape index (κ3) is 2.88. The third-order valence-electron chi connectivity index (χ3n) is 4.67. The van der Waals surface area contributed by atoms with E-state index in [0.717, 1.165) is 38.2 Å². The maximum Gasteiger partial charge on any atom is 0.255 e. The summed E-state index contributed by atoms with van der Waals surface area (Å²) in [5.74, 6) is 1.59. The summed E-state index contributed by atoms with van der Waals surface area (Å²) in [4.78, 5) is 18.7. The van der Waals surface area contributed by atoms with Crippen molar-refractivity contribution in [3.8, 4) is 0 Å². The summed E-state index contributed by atoms with van der Waals surface area (Å²) in [6, 6.07) is 3.69. The lowest BCUT2D eigenvalue weighted by atomic mass is 10.00. The van der Waals surface area contributed by atoms with Gasteiger partial charge in [-0.15, -0.1) is 0 Å². The Morgan fingerprint density at radius 1 is 1.43 bits per heavy atom. The molecule has 114 valence electrons. The second-order valence-electron chi connectivity index (χ2n) is 6.14. The molecule has 5 nitrogen and oxygen atoms in total. The maximum atomic E-state index is 12.5. The lowest BCUT2D eigenvalue weighted by Crippen LogP contribution is -2.31. The molecule has 0 bridgehead atoms. The summed E-state index contributed by atoms with van der Waals surface area (Å²) >= 11 is 0. The van der Waals surface area contributed by atoms with Gasteiger partial charge in [-0.25, -0.2) is 4.98 Å². The van der Waals surface area contributed by atoms with Gasteiger partial charge in [0.05, 0.1) is 11.7 Å². The van der Waals surface area contributed by atoms with E-state index >= 15 is 0 Å². The number of amides is 1. The minimum Gasteiger partial charge on any atom is -0.393 e. The summed E-state index contributed by atoms with van der Waals surface area (Å²) in [6.45, 7) is 4.44. The zero-order chi connectivity index (χ0) is 14.8. The summed E-state index contributed by atoms with van der Waals surface area (Å²) in [6.07, 6.45) is 4.38. The summed E-state index contributed by atoms with van der Waals surface area (Å²) in [7, 11) is 0. The van der Waals surface area contributed by atoms with Gasteiger partial charge in [-0.3, -0.25) is 4.79 Å². The van der Waals surface area contributed by atoms with Crippen LogP contribution in [-0.4, -0.2) is 46.6 Å². The molecule has 2 aliphatic rings. The first-order valence-corrected chi connectivity index (χ1v) is 7.86. The number of carbonyl (C=O) groups is 1. The quantitative estimate of drug-likeness (QED) is 0.886. The number of aromatic nitrogens is 1. The van der Waals surface area contributed by atoms with E-state index in [9.17, 15) is 9.90 Å². The summed E-state index contributed by atoms with van der Waals surface area (Å²) in [5.41, 5.74) is 0.631. The minimum atomic E-state index is -0.230. The molecule has 21 heavy (non-hydrogen) atoms. The molecule has 1 saturated carbocycles. The molecule has 1 saturated heterocycles. The molecule has 3 rings (SSSR count). The predicted molar refractivity (Wildman–Crippen MR) is 81.1 cm³/mol. The Morgan fingerprint density at radius 3 is 2.95 bits per heavy atom. The predicted octanol–water partition coefficient (Wildman–Crippen LogP) is 1.75. The highest BCUT2D eigenvalue weighted by Crippen LogP contribution is 2.38. The van der Waals surface area contributed by atoms with Crippen molar-refractivity contribution in [2.75, 3.05) is 25.0 Å². The number of likely N-dealkylation sites (tertiary alicyclic amines) is 1. The Hall–Kier alpha value is -1.62. The van der Waals surface area contributed by atoms with E-state index in [4.69, 9.17) is 0 Å². The van der Waals surface area contributed by atoms with E-state index in [2.05, 4.69) is 17.2 Å². The van der Waals surface area contributed by atoms with Gasteiger partial charge in [0.2, 0.25) is 0 Å². The Morgan fingerprint density at radius 2 is 2.29 bits per heavy atom. The molecule has 2 fully saturated rings. The zero-order valence-corrected chi connectivity index (χ0v) is 12.5. The smallest absolute Gasteiger partial charge is 0.255 e. The molecule has 3 unspecified atom stereocenters. The fourth-order valence-corrected chi connectivity index (χ4v) is 3.46. The molecule has 0 aromatic carbocycles. The number of aliphatic hydroxyl groups excluding tert-OH is 1. The van der Waals surface area contributed by atoms with E-state index < -0.39 is 0 Å². The Labute approximate surface area is 125 Å². The number of anilines is 1. The van der Waals surface area contributed by atoms with Crippen molar-refractivity contribution >= 4 is 11.7 Å². The number of carbonyl (C=O) groups excluding carboxylic acids is 1. The van der Waals surface area contributed by atoms with Gasteiger partial charge in [0.25, 0.3) is 5.91 Å². The normalized spacial score (nSPS) is 27.7. The number of nitrogens with zero attached hydrogens (tertiary/aromatic N) is 2. The van der Waals surface area contributed by atoms with Crippen molar-refractivity contribution < 1.29 is 9.90 Å². The van der Waals surface area contributed by atoms with E-state index in [1.807, 2.05) is 17.0 Å². The number of aliphatic hydroxyl groups is 1. The first-order valence-electron chi connectivity index (χ1n) is 7.86. The van der Waals surface area contributed by atoms with Crippen molar-refractivity contribution in [2.24, 2.45) is 11.8 Å². The van der Waals surface area contributed by atoms with Crippen LogP contribution in [0.3, 0.4) is 0 Å². The van der Waals surface area contributed by atoms with Crippen LogP contribution in [0.5, 0.6) is 0 Å². The highest BCUT2D eigenvalue weighted by Gasteiger charge is 2.43. The SMILES string of the molecule is CCCNc1ccc(C(=O)N2CC3CCC(O)C3C2)cn1. The molecular formula is C16H23N3O2. The standard InChI is InChI=1S/C16H23N3O2/c1-2-7-17-15-6-4-11(8-18-15)16(21)19-9-12-3-5-14(20)13(12)10-19/h4,6,8,12-14,20H,2-3,5,7,9-10H2,1H3,(H,17,18). The molecular weight excluding hydrogens is 266 g/mol. The van der Waals surface area contributed by atoms with Crippen molar-refractivity contribution in [3.63, 3.8) is 0 Å². The van der Waals surface area contributed by atoms with Crippen LogP contribution in [0, 0.1) is 11.8 Å². The molecule has 1 amide bonds. The summed E-state index contributed by atoms with van der Waals surface area (Å²) in [5, 5.41) is 13.1. The molecule has 5 heteroatoms. The van der Waals surface area contributed by atoms with Gasteiger partial charge in [-0.2, -0.15) is 0 Å². The average Bonchev–Trinajstić information content (AvgIpc) is 3.07. The molecule has 2 heterocycles. The van der Waals surface area contributed by atoms with E-state index in [0.29, 0.717) is 18.0 Å². The molecule has 1 aromatic heterocycles. The molecule has 1 aliphatic carbocycles. The second kappa shape index (κ2) is 6.02.